The molecular weight excluding hydrogens is 835 g/mol. The van der Waals surface area contributed by atoms with E-state index in [1.54, 1.807) is 0 Å². The third-order valence-electron chi connectivity index (χ3n) is 14.6. The third kappa shape index (κ3) is 5.97. The van der Waals surface area contributed by atoms with Gasteiger partial charge in [0.15, 0.2) is 0 Å². The molecule has 0 amide bonds. The second kappa shape index (κ2) is 15.5. The molecule has 2 aliphatic rings. The van der Waals surface area contributed by atoms with Crippen molar-refractivity contribution in [3.8, 4) is 61.5 Å². The summed E-state index contributed by atoms with van der Waals surface area (Å²) in [4.78, 5) is 7.90. The number of hydrogen-bond acceptors (Lipinski definition) is 2. The molecule has 12 aromatic rings. The Kier molecular flexibility index (Phi) is 8.80. The Balaban J connectivity index is 0.938. The van der Waals surface area contributed by atoms with Gasteiger partial charge in [-0.25, -0.2) is 4.98 Å². The first-order chi connectivity index (χ1) is 34.2. The lowest BCUT2D eigenvalue weighted by Gasteiger charge is -2.44. The van der Waals surface area contributed by atoms with Crippen molar-refractivity contribution in [3.05, 3.63) is 283 Å². The highest BCUT2D eigenvalue weighted by Crippen LogP contribution is 2.63. The number of aromatic nitrogens is 2. The number of para-hydroxylation sites is 3. The van der Waals surface area contributed by atoms with Crippen LogP contribution in [0.2, 0.25) is 0 Å². The SMILES string of the molecule is c1ccc(-c2cccc(-n3c4ccccc4c4cc(-c5ccc6c(c5)-c5ccccc5C65c6ccccc6N(c6cc(-c7ccccc7)cc(-c7ccccc7)n6)c6ccccc65)ccc43)c2)cc1. The standard InChI is InChI=1S/C66H43N3/c1-4-19-44(20-5-1)47-25-18-26-51(39-47)68-61-32-15-11-28-53(61)55-41-49(36-38-62(55)68)48-35-37-57-54(40-48)52-27-10-12-29-56(52)66(57)58-30-13-16-33-63(58)69(64-34-17-14-31-59(64)66)65-43-50(45-21-6-2-7-22-45)42-60(67-65)46-23-8-3-9-24-46/h1-43H. The molecule has 0 saturated carbocycles. The highest BCUT2D eigenvalue weighted by molar-refractivity contribution is 6.11. The van der Waals surface area contributed by atoms with Crippen molar-refractivity contribution in [1.82, 2.24) is 9.55 Å². The molecule has 1 spiro atoms. The molecule has 0 radical (unpaired) electrons. The largest absolute Gasteiger partial charge is 0.309 e. The molecule has 69 heavy (non-hydrogen) atoms. The first-order valence-corrected chi connectivity index (χ1v) is 23.8. The van der Waals surface area contributed by atoms with E-state index in [2.05, 4.69) is 270 Å². The number of hydrogen-bond donors (Lipinski definition) is 0. The maximum absolute atomic E-state index is 5.50. The summed E-state index contributed by atoms with van der Waals surface area (Å²) in [7, 11) is 0. The topological polar surface area (TPSA) is 21.1 Å². The van der Waals surface area contributed by atoms with E-state index < -0.39 is 5.41 Å². The number of pyridine rings is 1. The minimum atomic E-state index is -0.570. The monoisotopic (exact) mass is 877 g/mol. The van der Waals surface area contributed by atoms with Crippen molar-refractivity contribution in [2.24, 2.45) is 0 Å². The zero-order valence-corrected chi connectivity index (χ0v) is 37.7. The summed E-state index contributed by atoms with van der Waals surface area (Å²) in [5.41, 5.74) is 21.9. The summed E-state index contributed by atoms with van der Waals surface area (Å²) in [5, 5.41) is 2.48. The fourth-order valence-corrected chi connectivity index (χ4v) is 11.6. The average Bonchev–Trinajstić information content (AvgIpc) is 3.92. The van der Waals surface area contributed by atoms with Gasteiger partial charge in [0.05, 0.1) is 33.5 Å². The molecule has 3 nitrogen and oxygen atoms in total. The minimum absolute atomic E-state index is 0.570. The molecule has 3 heteroatoms. The quantitative estimate of drug-likeness (QED) is 0.166. The Morgan fingerprint density at radius 3 is 1.58 bits per heavy atom. The first-order valence-electron chi connectivity index (χ1n) is 23.8. The zero-order chi connectivity index (χ0) is 45.5. The van der Waals surface area contributed by atoms with Crippen LogP contribution in [-0.4, -0.2) is 9.55 Å². The Bertz CT molecular complexity index is 3860. The lowest BCUT2D eigenvalue weighted by molar-refractivity contribution is 0.751. The predicted molar refractivity (Wildman–Crippen MR) is 286 cm³/mol. The summed E-state index contributed by atoms with van der Waals surface area (Å²) in [5.74, 6) is 0.882. The van der Waals surface area contributed by atoms with Crippen LogP contribution < -0.4 is 4.90 Å². The molecule has 322 valence electrons. The summed E-state index contributed by atoms with van der Waals surface area (Å²) < 4.78 is 2.42. The molecule has 3 heterocycles. The van der Waals surface area contributed by atoms with E-state index in [1.807, 2.05) is 0 Å². The fourth-order valence-electron chi connectivity index (χ4n) is 11.6. The fraction of sp³-hybridized carbons (Fsp3) is 0.0152. The van der Waals surface area contributed by atoms with Crippen LogP contribution in [0.15, 0.2) is 261 Å². The lowest BCUT2D eigenvalue weighted by Crippen LogP contribution is -2.36. The number of fused-ring (bicyclic) bond motifs is 12. The van der Waals surface area contributed by atoms with Gasteiger partial charge in [-0.3, -0.25) is 4.90 Å². The summed E-state index contributed by atoms with van der Waals surface area (Å²) in [6.45, 7) is 0. The van der Waals surface area contributed by atoms with Gasteiger partial charge in [0.1, 0.15) is 5.82 Å². The maximum Gasteiger partial charge on any atom is 0.138 e. The summed E-state index contributed by atoms with van der Waals surface area (Å²) in [6.07, 6.45) is 0. The van der Waals surface area contributed by atoms with Gasteiger partial charge < -0.3 is 4.57 Å². The van der Waals surface area contributed by atoms with Crippen LogP contribution in [0.5, 0.6) is 0 Å². The van der Waals surface area contributed by atoms with Crippen LogP contribution in [0.4, 0.5) is 17.2 Å². The molecule has 0 unspecified atom stereocenters. The lowest BCUT2D eigenvalue weighted by atomic mass is 9.64. The minimum Gasteiger partial charge on any atom is -0.309 e. The molecule has 0 fully saturated rings. The average molecular weight is 878 g/mol. The third-order valence-corrected chi connectivity index (χ3v) is 14.6. The molecule has 0 N–H and O–H groups in total. The Morgan fingerprint density at radius 2 is 0.841 bits per heavy atom. The van der Waals surface area contributed by atoms with Crippen LogP contribution in [0, 0.1) is 0 Å². The molecular formula is C66H43N3. The van der Waals surface area contributed by atoms with E-state index in [0.29, 0.717) is 0 Å². The van der Waals surface area contributed by atoms with Crippen molar-refractivity contribution in [2.75, 3.05) is 4.90 Å². The van der Waals surface area contributed by atoms with Gasteiger partial charge >= 0.3 is 0 Å². The van der Waals surface area contributed by atoms with Crippen LogP contribution in [0.3, 0.4) is 0 Å². The molecule has 14 rings (SSSR count). The molecule has 10 aromatic carbocycles. The van der Waals surface area contributed by atoms with E-state index in [1.165, 1.54) is 77.4 Å². The highest BCUT2D eigenvalue weighted by Gasteiger charge is 2.51. The predicted octanol–water partition coefficient (Wildman–Crippen LogP) is 17.0. The van der Waals surface area contributed by atoms with Gasteiger partial charge in [0.2, 0.25) is 0 Å². The number of rotatable bonds is 6. The zero-order valence-electron chi connectivity index (χ0n) is 37.7. The maximum atomic E-state index is 5.50. The van der Waals surface area contributed by atoms with Crippen LogP contribution in [-0.2, 0) is 5.41 Å². The summed E-state index contributed by atoms with van der Waals surface area (Å²) in [6, 6.07) is 95.4. The van der Waals surface area contributed by atoms with E-state index in [0.717, 1.165) is 45.3 Å². The second-order valence-corrected chi connectivity index (χ2v) is 18.3. The Labute approximate surface area is 401 Å². The van der Waals surface area contributed by atoms with Crippen molar-refractivity contribution in [2.45, 2.75) is 5.41 Å². The van der Waals surface area contributed by atoms with Crippen LogP contribution in [0.1, 0.15) is 22.3 Å². The second-order valence-electron chi connectivity index (χ2n) is 18.3. The number of nitrogens with zero attached hydrogens (tertiary/aromatic N) is 3. The Morgan fingerprint density at radius 1 is 0.304 bits per heavy atom. The molecule has 0 atom stereocenters. The normalized spacial score (nSPS) is 13.0. The van der Waals surface area contributed by atoms with Gasteiger partial charge in [-0.05, 0) is 127 Å². The highest BCUT2D eigenvalue weighted by atomic mass is 15.2. The molecule has 1 aliphatic heterocycles. The molecule has 0 saturated heterocycles. The van der Waals surface area contributed by atoms with Crippen molar-refractivity contribution in [1.29, 1.82) is 0 Å². The Hall–Kier alpha value is -9.05. The van der Waals surface area contributed by atoms with Crippen LogP contribution >= 0.6 is 0 Å². The first kappa shape index (κ1) is 39.1. The van der Waals surface area contributed by atoms with Gasteiger partial charge in [-0.15, -0.1) is 0 Å². The molecule has 2 aromatic heterocycles. The van der Waals surface area contributed by atoms with Gasteiger partial charge in [-0.2, -0.15) is 0 Å². The smallest absolute Gasteiger partial charge is 0.138 e. The van der Waals surface area contributed by atoms with Crippen molar-refractivity contribution < 1.29 is 0 Å². The van der Waals surface area contributed by atoms with Crippen molar-refractivity contribution in [3.63, 3.8) is 0 Å². The van der Waals surface area contributed by atoms with E-state index in [-0.39, 0.29) is 0 Å². The number of benzene rings is 10. The van der Waals surface area contributed by atoms with Gasteiger partial charge in [-0.1, -0.05) is 200 Å². The van der Waals surface area contributed by atoms with Gasteiger partial charge in [0, 0.05) is 22.0 Å². The number of anilines is 3. The van der Waals surface area contributed by atoms with E-state index in [4.69, 9.17) is 4.98 Å². The van der Waals surface area contributed by atoms with Crippen molar-refractivity contribution >= 4 is 39.0 Å². The molecule has 1 aliphatic carbocycles. The molecule has 0 bridgehead atoms. The van der Waals surface area contributed by atoms with E-state index in [9.17, 15) is 0 Å². The summed E-state index contributed by atoms with van der Waals surface area (Å²) >= 11 is 0. The van der Waals surface area contributed by atoms with Gasteiger partial charge in [0.25, 0.3) is 0 Å². The van der Waals surface area contributed by atoms with E-state index >= 15 is 0 Å². The van der Waals surface area contributed by atoms with Crippen LogP contribution in [0.25, 0.3) is 83.3 Å².